The number of carboxylic acids is 1. The summed E-state index contributed by atoms with van der Waals surface area (Å²) in [4.78, 5) is 13.9. The molecule has 0 fully saturated rings. The van der Waals surface area contributed by atoms with Crippen LogP contribution < -0.4 is 9.64 Å². The average molecular weight is 564 g/mol. The van der Waals surface area contributed by atoms with Crippen LogP contribution in [0.1, 0.15) is 56.8 Å². The van der Waals surface area contributed by atoms with Crippen molar-refractivity contribution >= 4 is 12.0 Å². The number of rotatable bonds is 6. The van der Waals surface area contributed by atoms with Gasteiger partial charge in [0.15, 0.2) is 23.2 Å². The zero-order chi connectivity index (χ0) is 29.0. The summed E-state index contributed by atoms with van der Waals surface area (Å²) in [6.45, 7) is 7.11. The Labute approximate surface area is 234 Å². The maximum atomic E-state index is 15.3. The van der Waals surface area contributed by atoms with E-state index in [1.54, 1.807) is 0 Å². The highest BCUT2D eigenvalue weighted by atomic mass is 19.2. The number of carboxylic acid groups (broad SMARTS) is 1. The van der Waals surface area contributed by atoms with E-state index in [2.05, 4.69) is 10.2 Å². The van der Waals surface area contributed by atoms with Gasteiger partial charge in [-0.15, -0.1) is 5.10 Å². The van der Waals surface area contributed by atoms with Crippen molar-refractivity contribution in [3.63, 3.8) is 0 Å². The lowest BCUT2D eigenvalue weighted by molar-refractivity contribution is -0.136. The Hall–Kier alpha value is -4.34. The Morgan fingerprint density at radius 3 is 2.44 bits per heavy atom. The molecular formula is C31H28F3N3O4. The number of halogens is 3. The van der Waals surface area contributed by atoms with Crippen LogP contribution in [-0.2, 0) is 37.1 Å². The van der Waals surface area contributed by atoms with Gasteiger partial charge in [-0.25, -0.2) is 13.2 Å². The Morgan fingerprint density at radius 2 is 1.71 bits per heavy atom. The van der Waals surface area contributed by atoms with Crippen LogP contribution in [0.3, 0.4) is 0 Å². The van der Waals surface area contributed by atoms with Gasteiger partial charge in [0.1, 0.15) is 0 Å². The zero-order valence-corrected chi connectivity index (χ0v) is 22.9. The smallest absolute Gasteiger partial charge is 0.318 e. The molecule has 0 aliphatic carbocycles. The summed E-state index contributed by atoms with van der Waals surface area (Å²) < 4.78 is 53.7. The fraction of sp³-hybridized carbons (Fsp3) is 0.323. The average Bonchev–Trinajstić information content (AvgIpc) is 3.60. The highest BCUT2D eigenvalue weighted by molar-refractivity contribution is 5.84. The Balaban J connectivity index is 1.38. The van der Waals surface area contributed by atoms with Crippen LogP contribution in [0.25, 0.3) is 11.1 Å². The zero-order valence-electron chi connectivity index (χ0n) is 22.9. The molecule has 0 atom stereocenters. The van der Waals surface area contributed by atoms with Crippen LogP contribution in [0.15, 0.2) is 28.7 Å². The minimum absolute atomic E-state index is 0.142. The highest BCUT2D eigenvalue weighted by Crippen LogP contribution is 2.44. The van der Waals surface area contributed by atoms with Crippen molar-refractivity contribution < 1.29 is 32.2 Å². The van der Waals surface area contributed by atoms with Crippen LogP contribution in [0.5, 0.6) is 5.75 Å². The number of anilines is 1. The molecule has 3 heterocycles. The Bertz CT molecular complexity index is 1720. The van der Waals surface area contributed by atoms with Gasteiger partial charge in [0.2, 0.25) is 5.89 Å². The molecule has 10 heteroatoms. The monoisotopic (exact) mass is 563 g/mol. The fourth-order valence-electron chi connectivity index (χ4n) is 6.12. The molecular weight excluding hydrogens is 535 g/mol. The minimum Gasteiger partial charge on any atom is -0.490 e. The maximum Gasteiger partial charge on any atom is 0.318 e. The van der Waals surface area contributed by atoms with E-state index >= 15 is 4.39 Å². The normalized spacial score (nSPS) is 14.1. The van der Waals surface area contributed by atoms with E-state index in [9.17, 15) is 18.7 Å². The lowest BCUT2D eigenvalue weighted by Crippen LogP contribution is -2.15. The predicted octanol–water partition coefficient (Wildman–Crippen LogP) is 6.14. The second kappa shape index (κ2) is 10.2. The first-order valence-corrected chi connectivity index (χ1v) is 13.4. The molecule has 1 aromatic heterocycles. The number of ether oxygens (including phenoxy) is 1. The summed E-state index contributed by atoms with van der Waals surface area (Å²) in [7, 11) is 0. The van der Waals surface area contributed by atoms with Crippen LogP contribution in [0.4, 0.5) is 19.2 Å². The molecule has 0 saturated heterocycles. The molecule has 212 valence electrons. The van der Waals surface area contributed by atoms with E-state index in [1.165, 1.54) is 12.1 Å². The third-order valence-corrected chi connectivity index (χ3v) is 8.20. The van der Waals surface area contributed by atoms with E-state index in [-0.39, 0.29) is 30.5 Å². The molecule has 0 amide bonds. The van der Waals surface area contributed by atoms with Crippen LogP contribution in [-0.4, -0.2) is 27.9 Å². The van der Waals surface area contributed by atoms with Crippen molar-refractivity contribution in [1.29, 1.82) is 0 Å². The molecule has 41 heavy (non-hydrogen) atoms. The van der Waals surface area contributed by atoms with Crippen LogP contribution in [0, 0.1) is 38.2 Å². The molecule has 6 rings (SSSR count). The summed E-state index contributed by atoms with van der Waals surface area (Å²) in [5, 5.41) is 18.1. The van der Waals surface area contributed by atoms with Crippen molar-refractivity contribution in [2.24, 2.45) is 0 Å². The largest absolute Gasteiger partial charge is 0.490 e. The van der Waals surface area contributed by atoms with Crippen LogP contribution >= 0.6 is 0 Å². The van der Waals surface area contributed by atoms with E-state index in [4.69, 9.17) is 9.15 Å². The topological polar surface area (TPSA) is 88.7 Å². The summed E-state index contributed by atoms with van der Waals surface area (Å²) in [6, 6.07) is 5.35. The number of aromatic nitrogens is 2. The van der Waals surface area contributed by atoms with E-state index in [0.29, 0.717) is 42.8 Å². The minimum atomic E-state index is -0.971. The molecule has 2 aliphatic heterocycles. The molecule has 4 aromatic rings. The SMILES string of the molecule is Cc1c(-c2c(C)c3c(c(C)c2CC(=O)O)CN(c2nnc(Cc4ccc(F)c(F)c4)o2)C3)cc(F)c2c1CCCO2. The number of benzene rings is 3. The lowest BCUT2D eigenvalue weighted by Gasteiger charge is -2.25. The number of carbonyl (C=O) groups is 1. The summed E-state index contributed by atoms with van der Waals surface area (Å²) in [5.41, 5.74) is 7.97. The molecule has 1 N–H and O–H groups in total. The van der Waals surface area contributed by atoms with Crippen LogP contribution in [0.2, 0.25) is 0 Å². The van der Waals surface area contributed by atoms with E-state index < -0.39 is 23.4 Å². The molecule has 0 spiro atoms. The summed E-state index contributed by atoms with van der Waals surface area (Å²) in [6.07, 6.45) is 1.42. The second-order valence-corrected chi connectivity index (χ2v) is 10.7. The Morgan fingerprint density at radius 1 is 0.951 bits per heavy atom. The quantitative estimate of drug-likeness (QED) is 0.301. The summed E-state index contributed by atoms with van der Waals surface area (Å²) in [5.74, 6) is -2.75. The molecule has 0 radical (unpaired) electrons. The second-order valence-electron chi connectivity index (χ2n) is 10.7. The van der Waals surface area contributed by atoms with Gasteiger partial charge in [-0.05, 0) is 102 Å². The number of fused-ring (bicyclic) bond motifs is 2. The first-order valence-electron chi connectivity index (χ1n) is 13.4. The van der Waals surface area contributed by atoms with Gasteiger partial charge >= 0.3 is 12.0 Å². The molecule has 7 nitrogen and oxygen atoms in total. The first kappa shape index (κ1) is 26.9. The molecule has 3 aromatic carbocycles. The van der Waals surface area contributed by atoms with Crippen molar-refractivity contribution in [1.82, 2.24) is 10.2 Å². The third kappa shape index (κ3) is 4.71. The van der Waals surface area contributed by atoms with Crippen molar-refractivity contribution in [2.75, 3.05) is 11.5 Å². The number of hydrogen-bond acceptors (Lipinski definition) is 6. The molecule has 0 bridgehead atoms. The van der Waals surface area contributed by atoms with E-state index in [1.807, 2.05) is 25.7 Å². The lowest BCUT2D eigenvalue weighted by atomic mass is 9.81. The number of nitrogens with zero attached hydrogens (tertiary/aromatic N) is 3. The maximum absolute atomic E-state index is 15.3. The number of aliphatic carboxylic acids is 1. The summed E-state index contributed by atoms with van der Waals surface area (Å²) >= 11 is 0. The Kier molecular flexibility index (Phi) is 6.71. The van der Waals surface area contributed by atoms with E-state index in [0.717, 1.165) is 57.5 Å². The van der Waals surface area contributed by atoms with Crippen molar-refractivity contribution in [3.8, 4) is 16.9 Å². The fourth-order valence-corrected chi connectivity index (χ4v) is 6.12. The molecule has 2 aliphatic rings. The van der Waals surface area contributed by atoms with Gasteiger partial charge in [0.25, 0.3) is 0 Å². The van der Waals surface area contributed by atoms with Crippen molar-refractivity contribution in [3.05, 3.63) is 92.1 Å². The third-order valence-electron chi connectivity index (χ3n) is 8.20. The van der Waals surface area contributed by atoms with Gasteiger partial charge in [0.05, 0.1) is 19.4 Å². The van der Waals surface area contributed by atoms with Gasteiger partial charge < -0.3 is 19.2 Å². The highest BCUT2D eigenvalue weighted by Gasteiger charge is 2.32. The van der Waals surface area contributed by atoms with Crippen molar-refractivity contribution in [2.45, 2.75) is 59.5 Å². The van der Waals surface area contributed by atoms with Gasteiger partial charge in [-0.2, -0.15) is 0 Å². The van der Waals surface area contributed by atoms with Gasteiger partial charge in [-0.1, -0.05) is 11.2 Å². The van der Waals surface area contributed by atoms with Gasteiger partial charge in [0, 0.05) is 18.7 Å². The predicted molar refractivity (Wildman–Crippen MR) is 145 cm³/mol. The number of hydrogen-bond donors (Lipinski definition) is 1. The van der Waals surface area contributed by atoms with Gasteiger partial charge in [-0.3, -0.25) is 4.79 Å². The molecule has 0 unspecified atom stereocenters. The first-order chi connectivity index (χ1) is 19.6. The standard InChI is InChI=1S/C31H28F3N3O4/c1-15-19-5-4-8-40-30(19)26(34)11-20(15)29-17(3)23-14-37(13-22(23)16(2)21(29)12-28(38)39)31-36-35-27(41-31)10-18-6-7-24(32)25(33)9-18/h6-7,9,11H,4-5,8,10,12-14H2,1-3H3,(H,38,39). The molecule has 0 saturated carbocycles.